The molecular weight excluding hydrogens is 404 g/mol. The van der Waals surface area contributed by atoms with Crippen LogP contribution in [0.25, 0.3) is 10.9 Å². The number of aromatic nitrogens is 2. The first-order valence-electron chi connectivity index (χ1n) is 10.0. The third-order valence-electron chi connectivity index (χ3n) is 5.10. The van der Waals surface area contributed by atoms with Crippen LogP contribution in [0.3, 0.4) is 0 Å². The summed E-state index contributed by atoms with van der Waals surface area (Å²) in [6, 6.07) is 12.7. The van der Waals surface area contributed by atoms with Gasteiger partial charge in [-0.15, -0.1) is 0 Å². The fourth-order valence-corrected chi connectivity index (χ4v) is 4.63. The predicted octanol–water partition coefficient (Wildman–Crippen LogP) is 2.48. The lowest BCUT2D eigenvalue weighted by atomic mass is 10.1. The molecule has 0 amide bonds. The van der Waals surface area contributed by atoms with Crippen molar-refractivity contribution in [2.45, 2.75) is 31.1 Å². The zero-order chi connectivity index (χ0) is 21.1. The largest absolute Gasteiger partial charge is 0.492 e. The lowest BCUT2D eigenvalue weighted by molar-refractivity contribution is 0.172. The van der Waals surface area contributed by atoms with Gasteiger partial charge in [0.15, 0.2) is 0 Å². The number of aliphatic hydroxyl groups excluding tert-OH is 1. The maximum atomic E-state index is 12.1. The van der Waals surface area contributed by atoms with Crippen LogP contribution in [0.1, 0.15) is 30.2 Å². The molecule has 160 valence electrons. The first kappa shape index (κ1) is 20.6. The molecule has 0 bridgehead atoms. The quantitative estimate of drug-likeness (QED) is 0.367. The summed E-state index contributed by atoms with van der Waals surface area (Å²) >= 11 is 0. The van der Waals surface area contributed by atoms with Crippen LogP contribution in [0.15, 0.2) is 42.5 Å². The zero-order valence-electron chi connectivity index (χ0n) is 16.8. The Bertz CT molecular complexity index is 1120. The van der Waals surface area contributed by atoms with Crippen molar-refractivity contribution in [2.24, 2.45) is 0 Å². The Morgan fingerprint density at radius 1 is 1.27 bits per heavy atom. The van der Waals surface area contributed by atoms with E-state index < -0.39 is 16.1 Å². The predicted molar refractivity (Wildman–Crippen MR) is 116 cm³/mol. The number of nitrogens with zero attached hydrogens (tertiary/aromatic N) is 1. The topological polar surface area (TPSA) is 116 Å². The van der Waals surface area contributed by atoms with Gasteiger partial charge in [0, 0.05) is 35.9 Å². The second kappa shape index (κ2) is 8.63. The van der Waals surface area contributed by atoms with Gasteiger partial charge in [0.05, 0.1) is 16.9 Å². The first-order valence-corrected chi connectivity index (χ1v) is 11.5. The Morgan fingerprint density at radius 2 is 2.10 bits per heavy atom. The average Bonchev–Trinajstić information content (AvgIpc) is 3.53. The van der Waals surface area contributed by atoms with Crippen molar-refractivity contribution in [3.63, 3.8) is 0 Å². The van der Waals surface area contributed by atoms with E-state index in [4.69, 9.17) is 4.74 Å². The Balaban J connectivity index is 1.23. The number of anilines is 1. The van der Waals surface area contributed by atoms with Crippen molar-refractivity contribution >= 4 is 26.6 Å². The molecule has 1 fully saturated rings. The molecule has 1 unspecified atom stereocenters. The molecule has 4 N–H and O–H groups in total. The molecule has 3 aromatic rings. The fraction of sp³-hybridized carbons (Fsp3) is 0.381. The van der Waals surface area contributed by atoms with E-state index >= 15 is 0 Å². The van der Waals surface area contributed by atoms with Crippen molar-refractivity contribution in [1.82, 2.24) is 15.5 Å². The molecular formula is C21H26N4O4S. The van der Waals surface area contributed by atoms with Gasteiger partial charge in [0.2, 0.25) is 10.0 Å². The van der Waals surface area contributed by atoms with E-state index in [0.29, 0.717) is 43.8 Å². The molecule has 0 radical (unpaired) electrons. The van der Waals surface area contributed by atoms with Crippen LogP contribution in [0.2, 0.25) is 0 Å². The summed E-state index contributed by atoms with van der Waals surface area (Å²) < 4.78 is 32.5. The average molecular weight is 431 g/mol. The van der Waals surface area contributed by atoms with Crippen LogP contribution in [0, 0.1) is 6.92 Å². The molecule has 1 aromatic heterocycles. The molecule has 8 nitrogen and oxygen atoms in total. The summed E-state index contributed by atoms with van der Waals surface area (Å²) in [7, 11) is -3.32. The standard InChI is InChI=1S/C21H26N4O4S/c1-14-19-8-5-17(12-20(19)24-23-14)29-10-9-22-13-21(26)15-3-2-4-16(11-15)25-30(27,28)18-6-7-18/h2-5,8,11-12,18,21-22,25-26H,6-7,9-10,13H2,1H3,(H,23,24). The Hall–Kier alpha value is -2.62. The number of sulfonamides is 1. The lowest BCUT2D eigenvalue weighted by Crippen LogP contribution is -2.26. The SMILES string of the molecule is Cc1[nH]nc2cc(OCCNCC(O)c3cccc(NS(=O)(=O)C4CC4)c3)ccc12. The van der Waals surface area contributed by atoms with Crippen molar-refractivity contribution < 1.29 is 18.3 Å². The smallest absolute Gasteiger partial charge is 0.235 e. The van der Waals surface area contributed by atoms with Gasteiger partial charge >= 0.3 is 0 Å². The number of benzene rings is 2. The van der Waals surface area contributed by atoms with Crippen LogP contribution in [-0.2, 0) is 10.0 Å². The number of hydrogen-bond acceptors (Lipinski definition) is 6. The number of aromatic amines is 1. The summed E-state index contributed by atoms with van der Waals surface area (Å²) in [5.74, 6) is 0.743. The first-order chi connectivity index (χ1) is 14.4. The van der Waals surface area contributed by atoms with Gasteiger partial charge in [-0.3, -0.25) is 9.82 Å². The monoisotopic (exact) mass is 430 g/mol. The molecule has 1 saturated carbocycles. The van der Waals surface area contributed by atoms with Crippen molar-refractivity contribution in [3.8, 4) is 5.75 Å². The summed E-state index contributed by atoms with van der Waals surface area (Å²) in [4.78, 5) is 0. The second-order valence-corrected chi connectivity index (χ2v) is 9.53. The Morgan fingerprint density at radius 3 is 2.90 bits per heavy atom. The minimum Gasteiger partial charge on any atom is -0.492 e. The van der Waals surface area contributed by atoms with E-state index in [1.54, 1.807) is 24.3 Å². The lowest BCUT2D eigenvalue weighted by Gasteiger charge is -2.14. The molecule has 9 heteroatoms. The fourth-order valence-electron chi connectivity index (χ4n) is 3.25. The van der Waals surface area contributed by atoms with Gasteiger partial charge < -0.3 is 15.2 Å². The molecule has 1 aliphatic rings. The molecule has 2 aromatic carbocycles. The van der Waals surface area contributed by atoms with E-state index in [-0.39, 0.29) is 5.25 Å². The molecule has 0 aliphatic heterocycles. The molecule has 0 saturated heterocycles. The van der Waals surface area contributed by atoms with Crippen LogP contribution in [0.5, 0.6) is 5.75 Å². The maximum Gasteiger partial charge on any atom is 0.235 e. The summed E-state index contributed by atoms with van der Waals surface area (Å²) in [6.45, 7) is 3.31. The van der Waals surface area contributed by atoms with E-state index in [1.807, 2.05) is 25.1 Å². The molecule has 1 aliphatic carbocycles. The number of nitrogens with one attached hydrogen (secondary N) is 3. The van der Waals surface area contributed by atoms with Crippen LogP contribution >= 0.6 is 0 Å². The highest BCUT2D eigenvalue weighted by molar-refractivity contribution is 7.93. The highest BCUT2D eigenvalue weighted by Gasteiger charge is 2.35. The van der Waals surface area contributed by atoms with Crippen LogP contribution in [-0.4, -0.2) is 48.7 Å². The van der Waals surface area contributed by atoms with Gasteiger partial charge in [0.25, 0.3) is 0 Å². The highest BCUT2D eigenvalue weighted by Crippen LogP contribution is 2.30. The molecule has 4 rings (SSSR count). The molecule has 1 heterocycles. The van der Waals surface area contributed by atoms with Crippen LogP contribution in [0.4, 0.5) is 5.69 Å². The van der Waals surface area contributed by atoms with Crippen molar-refractivity contribution in [3.05, 3.63) is 53.7 Å². The number of H-pyrrole nitrogens is 1. The number of ether oxygens (including phenoxy) is 1. The second-order valence-electron chi connectivity index (χ2n) is 7.57. The number of aliphatic hydroxyl groups is 1. The van der Waals surface area contributed by atoms with Gasteiger partial charge in [-0.05, 0) is 49.6 Å². The normalized spacial score (nSPS) is 15.3. The van der Waals surface area contributed by atoms with E-state index in [9.17, 15) is 13.5 Å². The van der Waals surface area contributed by atoms with E-state index in [1.165, 1.54) is 0 Å². The number of aryl methyl sites for hydroxylation is 1. The Kier molecular flexibility index (Phi) is 5.94. The van der Waals surface area contributed by atoms with Gasteiger partial charge in [-0.2, -0.15) is 5.10 Å². The number of hydrogen-bond donors (Lipinski definition) is 4. The van der Waals surface area contributed by atoms with Gasteiger partial charge in [0.1, 0.15) is 12.4 Å². The minimum atomic E-state index is -3.32. The summed E-state index contributed by atoms with van der Waals surface area (Å²) in [5.41, 5.74) is 3.02. The number of rotatable bonds is 10. The highest BCUT2D eigenvalue weighted by atomic mass is 32.2. The zero-order valence-corrected chi connectivity index (χ0v) is 17.6. The molecule has 30 heavy (non-hydrogen) atoms. The number of fused-ring (bicyclic) bond motifs is 1. The van der Waals surface area contributed by atoms with E-state index in [0.717, 1.165) is 22.3 Å². The maximum absolute atomic E-state index is 12.1. The minimum absolute atomic E-state index is 0.287. The van der Waals surface area contributed by atoms with Crippen molar-refractivity contribution in [1.29, 1.82) is 0 Å². The van der Waals surface area contributed by atoms with Gasteiger partial charge in [-0.25, -0.2) is 8.42 Å². The Labute approximate surface area is 175 Å². The third kappa shape index (κ3) is 4.92. The van der Waals surface area contributed by atoms with Gasteiger partial charge in [-0.1, -0.05) is 12.1 Å². The van der Waals surface area contributed by atoms with Crippen LogP contribution < -0.4 is 14.8 Å². The molecule has 0 spiro atoms. The molecule has 1 atom stereocenters. The van der Waals surface area contributed by atoms with Crippen molar-refractivity contribution in [2.75, 3.05) is 24.4 Å². The van der Waals surface area contributed by atoms with E-state index in [2.05, 4.69) is 20.2 Å². The summed E-state index contributed by atoms with van der Waals surface area (Å²) in [6.07, 6.45) is 0.663. The third-order valence-corrected chi connectivity index (χ3v) is 6.97. The summed E-state index contributed by atoms with van der Waals surface area (Å²) in [5, 5.41) is 21.5.